The maximum atomic E-state index is 5.91. The van der Waals surface area contributed by atoms with Gasteiger partial charge in [0, 0.05) is 52.4 Å². The minimum Gasteiger partial charge on any atom is -0.497 e. The predicted molar refractivity (Wildman–Crippen MR) is 110 cm³/mol. The number of rotatable bonds is 3. The van der Waals surface area contributed by atoms with Crippen LogP contribution in [-0.2, 0) is 7.05 Å². The second-order valence-electron chi connectivity index (χ2n) is 6.65. The molecule has 3 N–H and O–H groups in total. The van der Waals surface area contributed by atoms with E-state index >= 15 is 0 Å². The molecule has 0 radical (unpaired) electrons. The van der Waals surface area contributed by atoms with Crippen LogP contribution in [0.3, 0.4) is 0 Å². The average Bonchev–Trinajstić information content (AvgIpc) is 3.29. The third-order valence-electron chi connectivity index (χ3n) is 5.00. The Hall–Kier alpha value is -3.87. The van der Waals surface area contributed by atoms with Crippen molar-refractivity contribution in [1.82, 2.24) is 24.7 Å². The van der Waals surface area contributed by atoms with E-state index in [9.17, 15) is 0 Å². The maximum absolute atomic E-state index is 5.91. The first-order chi connectivity index (χ1) is 13.7. The van der Waals surface area contributed by atoms with E-state index in [1.54, 1.807) is 7.11 Å². The van der Waals surface area contributed by atoms with Crippen molar-refractivity contribution in [2.24, 2.45) is 7.05 Å². The van der Waals surface area contributed by atoms with Crippen LogP contribution in [0.2, 0.25) is 0 Å². The lowest BCUT2D eigenvalue weighted by Crippen LogP contribution is -2.02. The molecule has 2 aromatic carbocycles. The minimum absolute atomic E-state index is 0.137. The molecule has 28 heavy (non-hydrogen) atoms. The normalized spacial score (nSPS) is 11.4. The highest BCUT2D eigenvalue weighted by atomic mass is 16.5. The van der Waals surface area contributed by atoms with Gasteiger partial charge < -0.3 is 20.0 Å². The summed E-state index contributed by atoms with van der Waals surface area (Å²) in [5.41, 5.74) is 11.2. The fourth-order valence-electron chi connectivity index (χ4n) is 3.66. The van der Waals surface area contributed by atoms with E-state index in [0.29, 0.717) is 11.4 Å². The molecule has 0 atom stereocenters. The Balaban J connectivity index is 1.82. The monoisotopic (exact) mass is 370 g/mol. The first-order valence-electron chi connectivity index (χ1n) is 8.86. The Bertz CT molecular complexity index is 1330. The number of H-pyrrole nitrogens is 1. The minimum atomic E-state index is 0.137. The van der Waals surface area contributed by atoms with Crippen LogP contribution in [0.25, 0.3) is 44.3 Å². The highest BCUT2D eigenvalue weighted by Crippen LogP contribution is 2.38. The summed E-state index contributed by atoms with van der Waals surface area (Å²) < 4.78 is 7.48. The van der Waals surface area contributed by atoms with Crippen molar-refractivity contribution in [3.05, 3.63) is 54.9 Å². The van der Waals surface area contributed by atoms with Crippen LogP contribution in [0.1, 0.15) is 0 Å². The summed E-state index contributed by atoms with van der Waals surface area (Å²) >= 11 is 0. The Kier molecular flexibility index (Phi) is 3.55. The Morgan fingerprint density at radius 3 is 2.71 bits per heavy atom. The SMILES string of the molecule is COc1ccc2c(c1)c(-c1nc(N)nnc1-c1c[nH]c3ccccc13)cn2C. The summed E-state index contributed by atoms with van der Waals surface area (Å²) in [5, 5.41) is 10.5. The van der Waals surface area contributed by atoms with E-state index in [0.717, 1.165) is 38.7 Å². The fraction of sp³-hybridized carbons (Fsp3) is 0.0952. The summed E-state index contributed by atoms with van der Waals surface area (Å²) in [6.07, 6.45) is 3.97. The second-order valence-corrected chi connectivity index (χ2v) is 6.65. The smallest absolute Gasteiger partial charge is 0.240 e. The molecule has 0 aliphatic rings. The topological polar surface area (TPSA) is 94.6 Å². The first-order valence-corrected chi connectivity index (χ1v) is 8.86. The molecule has 0 aliphatic heterocycles. The lowest BCUT2D eigenvalue weighted by Gasteiger charge is -2.07. The number of aryl methyl sites for hydroxylation is 1. The maximum Gasteiger partial charge on any atom is 0.240 e. The number of nitrogens with zero attached hydrogens (tertiary/aromatic N) is 4. The molecule has 5 aromatic rings. The zero-order valence-corrected chi connectivity index (χ0v) is 15.5. The largest absolute Gasteiger partial charge is 0.497 e. The van der Waals surface area contributed by atoms with Gasteiger partial charge in [0.2, 0.25) is 5.95 Å². The van der Waals surface area contributed by atoms with E-state index < -0.39 is 0 Å². The molecule has 3 aromatic heterocycles. The molecule has 0 unspecified atom stereocenters. The van der Waals surface area contributed by atoms with E-state index in [-0.39, 0.29) is 5.95 Å². The zero-order valence-electron chi connectivity index (χ0n) is 15.5. The number of anilines is 1. The predicted octanol–water partition coefficient (Wildman–Crippen LogP) is 3.77. The number of nitrogens with one attached hydrogen (secondary N) is 1. The molecule has 3 heterocycles. The molecule has 0 saturated carbocycles. The highest BCUT2D eigenvalue weighted by molar-refractivity contribution is 6.02. The van der Waals surface area contributed by atoms with Crippen molar-refractivity contribution in [2.45, 2.75) is 0 Å². The number of nitrogen functional groups attached to an aromatic ring is 1. The highest BCUT2D eigenvalue weighted by Gasteiger charge is 2.20. The van der Waals surface area contributed by atoms with Crippen molar-refractivity contribution >= 4 is 27.8 Å². The van der Waals surface area contributed by atoms with Crippen molar-refractivity contribution in [1.29, 1.82) is 0 Å². The van der Waals surface area contributed by atoms with Crippen molar-refractivity contribution < 1.29 is 4.74 Å². The molecule has 0 spiro atoms. The summed E-state index contributed by atoms with van der Waals surface area (Å²) in [6, 6.07) is 14.0. The van der Waals surface area contributed by atoms with Crippen LogP contribution in [0.4, 0.5) is 5.95 Å². The van der Waals surface area contributed by atoms with Crippen LogP contribution < -0.4 is 10.5 Å². The molecule has 0 amide bonds. The van der Waals surface area contributed by atoms with Gasteiger partial charge in [-0.25, -0.2) is 4.98 Å². The molecule has 138 valence electrons. The number of aromatic nitrogens is 5. The molecule has 0 bridgehead atoms. The van der Waals surface area contributed by atoms with Gasteiger partial charge >= 0.3 is 0 Å². The first kappa shape index (κ1) is 16.3. The second kappa shape index (κ2) is 6.09. The van der Waals surface area contributed by atoms with E-state index in [1.165, 1.54) is 0 Å². The van der Waals surface area contributed by atoms with Crippen molar-refractivity contribution in [2.75, 3.05) is 12.8 Å². The number of fused-ring (bicyclic) bond motifs is 2. The summed E-state index contributed by atoms with van der Waals surface area (Å²) in [6.45, 7) is 0. The van der Waals surface area contributed by atoms with E-state index in [4.69, 9.17) is 10.5 Å². The van der Waals surface area contributed by atoms with Gasteiger partial charge in [0.05, 0.1) is 7.11 Å². The summed E-state index contributed by atoms with van der Waals surface area (Å²) in [7, 11) is 3.66. The van der Waals surface area contributed by atoms with Crippen LogP contribution in [0, 0.1) is 0 Å². The standard InChI is InChI=1S/C21H18N6O/c1-27-11-16(14-9-12(28-2)7-8-18(14)27)19-20(25-26-21(22)24-19)15-10-23-17-6-4-3-5-13(15)17/h3-11,23H,1-2H3,(H2,22,24,26). The molecule has 0 fully saturated rings. The Labute approximate surface area is 160 Å². The molecule has 0 saturated heterocycles. The summed E-state index contributed by atoms with van der Waals surface area (Å²) in [5.74, 6) is 0.919. The number of methoxy groups -OCH3 is 1. The number of ether oxygens (including phenoxy) is 1. The Morgan fingerprint density at radius 2 is 1.86 bits per heavy atom. The van der Waals surface area contributed by atoms with Crippen molar-refractivity contribution in [3.63, 3.8) is 0 Å². The molecule has 7 heteroatoms. The number of hydrogen-bond donors (Lipinski definition) is 2. The number of benzene rings is 2. The number of para-hydroxylation sites is 1. The van der Waals surface area contributed by atoms with Gasteiger partial charge in [0.25, 0.3) is 0 Å². The van der Waals surface area contributed by atoms with Crippen molar-refractivity contribution in [3.8, 4) is 28.3 Å². The quantitative estimate of drug-likeness (QED) is 0.504. The zero-order chi connectivity index (χ0) is 19.3. The molecule has 0 aliphatic carbocycles. The number of hydrogen-bond acceptors (Lipinski definition) is 5. The molecular formula is C21H18N6O. The van der Waals surface area contributed by atoms with Gasteiger partial charge in [-0.3, -0.25) is 0 Å². The van der Waals surface area contributed by atoms with Crippen LogP contribution >= 0.6 is 0 Å². The third-order valence-corrected chi connectivity index (χ3v) is 5.00. The lowest BCUT2D eigenvalue weighted by molar-refractivity contribution is 0.415. The number of aromatic amines is 1. The van der Waals surface area contributed by atoms with Gasteiger partial charge in [-0.2, -0.15) is 0 Å². The van der Waals surface area contributed by atoms with E-state index in [2.05, 4.69) is 30.8 Å². The van der Waals surface area contributed by atoms with Crippen LogP contribution in [0.15, 0.2) is 54.9 Å². The Morgan fingerprint density at radius 1 is 1.00 bits per heavy atom. The molecule has 5 rings (SSSR count). The van der Waals surface area contributed by atoms with Gasteiger partial charge in [-0.05, 0) is 24.3 Å². The van der Waals surface area contributed by atoms with Crippen LogP contribution in [-0.4, -0.2) is 31.8 Å². The number of nitrogens with two attached hydrogens (primary N) is 1. The van der Waals surface area contributed by atoms with Gasteiger partial charge in [-0.1, -0.05) is 18.2 Å². The van der Waals surface area contributed by atoms with Crippen LogP contribution in [0.5, 0.6) is 5.75 Å². The van der Waals surface area contributed by atoms with Gasteiger partial charge in [0.15, 0.2) is 0 Å². The van der Waals surface area contributed by atoms with Gasteiger partial charge in [0.1, 0.15) is 17.1 Å². The lowest BCUT2D eigenvalue weighted by atomic mass is 10.0. The summed E-state index contributed by atoms with van der Waals surface area (Å²) in [4.78, 5) is 7.85. The fourth-order valence-corrected chi connectivity index (χ4v) is 3.66. The molecular weight excluding hydrogens is 352 g/mol. The van der Waals surface area contributed by atoms with Gasteiger partial charge in [-0.15, -0.1) is 10.2 Å². The molecule has 7 nitrogen and oxygen atoms in total. The van der Waals surface area contributed by atoms with E-state index in [1.807, 2.05) is 55.8 Å². The third kappa shape index (κ3) is 2.40. The average molecular weight is 370 g/mol.